The van der Waals surface area contributed by atoms with E-state index in [1.165, 1.54) is 11.5 Å². The van der Waals surface area contributed by atoms with E-state index in [9.17, 15) is 0 Å². The van der Waals surface area contributed by atoms with Crippen molar-refractivity contribution in [3.8, 4) is 0 Å². The second-order valence-corrected chi connectivity index (χ2v) is 5.87. The molecule has 0 saturated carbocycles. The van der Waals surface area contributed by atoms with Gasteiger partial charge in [0.25, 0.3) is 0 Å². The average Bonchev–Trinajstić information content (AvgIpc) is 2.77. The van der Waals surface area contributed by atoms with Crippen molar-refractivity contribution in [1.82, 2.24) is 14.3 Å². The standard InChI is InChI=1S/C12H17N5S/c1-12(2,3)10-16-11(18-17-10)15-7-8-4-5-9(13)14-6-8/h4-6H,7H2,1-3H3,(H2,13,14)(H,15,16,17). The molecule has 0 unspecified atom stereocenters. The maximum atomic E-state index is 5.53. The Morgan fingerprint density at radius 1 is 1.33 bits per heavy atom. The van der Waals surface area contributed by atoms with Gasteiger partial charge < -0.3 is 11.1 Å². The fraction of sp³-hybridized carbons (Fsp3) is 0.417. The minimum absolute atomic E-state index is 0.0147. The summed E-state index contributed by atoms with van der Waals surface area (Å²) in [5, 5.41) is 4.07. The zero-order valence-corrected chi connectivity index (χ0v) is 11.6. The van der Waals surface area contributed by atoms with Crippen molar-refractivity contribution in [2.45, 2.75) is 32.7 Å². The number of aromatic nitrogens is 3. The van der Waals surface area contributed by atoms with Crippen LogP contribution in [-0.2, 0) is 12.0 Å². The summed E-state index contributed by atoms with van der Waals surface area (Å²) in [7, 11) is 0. The molecule has 0 bridgehead atoms. The summed E-state index contributed by atoms with van der Waals surface area (Å²) in [6, 6.07) is 3.73. The lowest BCUT2D eigenvalue weighted by Gasteiger charge is -2.12. The van der Waals surface area contributed by atoms with Gasteiger partial charge in [0.15, 0.2) is 0 Å². The first-order chi connectivity index (χ1) is 8.45. The molecule has 0 aliphatic carbocycles. The molecule has 2 aromatic rings. The molecule has 0 aliphatic rings. The molecule has 2 aromatic heterocycles. The van der Waals surface area contributed by atoms with Gasteiger partial charge in [-0.15, -0.1) is 0 Å². The average molecular weight is 263 g/mol. The molecule has 2 rings (SSSR count). The Morgan fingerprint density at radius 2 is 2.11 bits per heavy atom. The van der Waals surface area contributed by atoms with E-state index in [0.29, 0.717) is 12.4 Å². The van der Waals surface area contributed by atoms with Crippen LogP contribution in [0.25, 0.3) is 0 Å². The van der Waals surface area contributed by atoms with E-state index in [-0.39, 0.29) is 5.41 Å². The molecular weight excluding hydrogens is 246 g/mol. The first-order valence-corrected chi connectivity index (χ1v) is 6.51. The van der Waals surface area contributed by atoms with Gasteiger partial charge in [-0.05, 0) is 11.6 Å². The molecule has 0 spiro atoms. The second-order valence-electron chi connectivity index (χ2n) is 5.12. The summed E-state index contributed by atoms with van der Waals surface area (Å²) < 4.78 is 4.35. The van der Waals surface area contributed by atoms with Gasteiger partial charge in [0.05, 0.1) is 0 Å². The van der Waals surface area contributed by atoms with E-state index >= 15 is 0 Å². The molecule has 5 nitrogen and oxygen atoms in total. The van der Waals surface area contributed by atoms with Crippen molar-refractivity contribution in [3.05, 3.63) is 29.7 Å². The van der Waals surface area contributed by atoms with E-state index in [1.54, 1.807) is 12.3 Å². The van der Waals surface area contributed by atoms with Crippen molar-refractivity contribution in [1.29, 1.82) is 0 Å². The van der Waals surface area contributed by atoms with Crippen molar-refractivity contribution < 1.29 is 0 Å². The van der Waals surface area contributed by atoms with Crippen LogP contribution in [0.3, 0.4) is 0 Å². The maximum absolute atomic E-state index is 5.53. The summed E-state index contributed by atoms with van der Waals surface area (Å²) in [5.74, 6) is 1.40. The third kappa shape index (κ3) is 3.16. The largest absolute Gasteiger partial charge is 0.384 e. The van der Waals surface area contributed by atoms with E-state index in [2.05, 4.69) is 40.4 Å². The Kier molecular flexibility index (Phi) is 3.47. The first-order valence-electron chi connectivity index (χ1n) is 5.73. The minimum atomic E-state index is -0.0147. The first kappa shape index (κ1) is 12.8. The van der Waals surface area contributed by atoms with Crippen LogP contribution >= 0.6 is 11.5 Å². The highest BCUT2D eigenvalue weighted by atomic mass is 32.1. The van der Waals surface area contributed by atoms with Crippen LogP contribution in [0.1, 0.15) is 32.2 Å². The van der Waals surface area contributed by atoms with Crippen LogP contribution in [0, 0.1) is 0 Å². The van der Waals surface area contributed by atoms with Gasteiger partial charge in [0, 0.05) is 29.7 Å². The molecule has 2 heterocycles. The van der Waals surface area contributed by atoms with Crippen LogP contribution in [0.15, 0.2) is 18.3 Å². The molecule has 18 heavy (non-hydrogen) atoms. The van der Waals surface area contributed by atoms with Gasteiger partial charge in [0.2, 0.25) is 5.13 Å². The lowest BCUT2D eigenvalue weighted by molar-refractivity contribution is 0.555. The zero-order chi connectivity index (χ0) is 13.2. The lowest BCUT2D eigenvalue weighted by atomic mass is 9.96. The smallest absolute Gasteiger partial charge is 0.202 e. The Balaban J connectivity index is 1.98. The van der Waals surface area contributed by atoms with E-state index in [1.807, 2.05) is 6.07 Å². The minimum Gasteiger partial charge on any atom is -0.384 e. The van der Waals surface area contributed by atoms with Gasteiger partial charge in [-0.3, -0.25) is 0 Å². The molecule has 0 fully saturated rings. The molecule has 0 atom stereocenters. The van der Waals surface area contributed by atoms with Crippen LogP contribution in [-0.4, -0.2) is 14.3 Å². The predicted octanol–water partition coefficient (Wildman–Crippen LogP) is 2.42. The van der Waals surface area contributed by atoms with Crippen molar-refractivity contribution in [3.63, 3.8) is 0 Å². The molecular formula is C12H17N5S. The fourth-order valence-electron chi connectivity index (χ4n) is 1.32. The Bertz CT molecular complexity index is 512. The molecule has 0 aliphatic heterocycles. The Hall–Kier alpha value is -1.69. The Labute approximate surface area is 111 Å². The summed E-state index contributed by atoms with van der Waals surface area (Å²) in [5.41, 5.74) is 6.59. The third-order valence-corrected chi connectivity index (χ3v) is 3.06. The predicted molar refractivity (Wildman–Crippen MR) is 74.6 cm³/mol. The van der Waals surface area contributed by atoms with Crippen molar-refractivity contribution in [2.24, 2.45) is 0 Å². The molecule has 0 amide bonds. The number of nitrogens with zero attached hydrogens (tertiary/aromatic N) is 3. The van der Waals surface area contributed by atoms with Gasteiger partial charge in [0.1, 0.15) is 11.6 Å². The number of hydrogen-bond donors (Lipinski definition) is 2. The van der Waals surface area contributed by atoms with Crippen LogP contribution in [0.4, 0.5) is 10.9 Å². The second kappa shape index (κ2) is 4.89. The number of pyridine rings is 1. The van der Waals surface area contributed by atoms with Gasteiger partial charge in [-0.1, -0.05) is 26.8 Å². The monoisotopic (exact) mass is 263 g/mol. The van der Waals surface area contributed by atoms with E-state index in [4.69, 9.17) is 5.73 Å². The highest BCUT2D eigenvalue weighted by Gasteiger charge is 2.19. The topological polar surface area (TPSA) is 76.7 Å². The third-order valence-electron chi connectivity index (χ3n) is 2.39. The molecule has 6 heteroatoms. The van der Waals surface area contributed by atoms with Crippen LogP contribution in [0.2, 0.25) is 0 Å². The fourth-order valence-corrected chi connectivity index (χ4v) is 2.07. The normalized spacial score (nSPS) is 11.5. The Morgan fingerprint density at radius 3 is 2.67 bits per heavy atom. The van der Waals surface area contributed by atoms with Crippen molar-refractivity contribution in [2.75, 3.05) is 11.1 Å². The van der Waals surface area contributed by atoms with Crippen LogP contribution < -0.4 is 11.1 Å². The van der Waals surface area contributed by atoms with Crippen LogP contribution in [0.5, 0.6) is 0 Å². The highest BCUT2D eigenvalue weighted by Crippen LogP contribution is 2.23. The number of anilines is 2. The number of hydrogen-bond acceptors (Lipinski definition) is 6. The maximum Gasteiger partial charge on any atom is 0.202 e. The van der Waals surface area contributed by atoms with Crippen molar-refractivity contribution >= 4 is 22.5 Å². The zero-order valence-electron chi connectivity index (χ0n) is 10.8. The number of nitrogens with two attached hydrogens (primary N) is 1. The van der Waals surface area contributed by atoms with Gasteiger partial charge >= 0.3 is 0 Å². The highest BCUT2D eigenvalue weighted by molar-refractivity contribution is 7.09. The number of rotatable bonds is 3. The van der Waals surface area contributed by atoms with E-state index in [0.717, 1.165) is 16.5 Å². The quantitative estimate of drug-likeness (QED) is 0.889. The summed E-state index contributed by atoms with van der Waals surface area (Å²) in [6.45, 7) is 6.97. The molecule has 0 radical (unpaired) electrons. The molecule has 0 aromatic carbocycles. The lowest BCUT2D eigenvalue weighted by Crippen LogP contribution is -2.13. The molecule has 96 valence electrons. The van der Waals surface area contributed by atoms with E-state index < -0.39 is 0 Å². The SMILES string of the molecule is CC(C)(C)c1nsc(NCc2ccc(N)nc2)n1. The number of nitrogen functional groups attached to an aromatic ring is 1. The molecule has 0 saturated heterocycles. The van der Waals surface area contributed by atoms with Gasteiger partial charge in [-0.25, -0.2) is 9.97 Å². The van der Waals surface area contributed by atoms with Gasteiger partial charge in [-0.2, -0.15) is 4.37 Å². The molecule has 3 N–H and O–H groups in total. The summed E-state index contributed by atoms with van der Waals surface area (Å²) in [6.07, 6.45) is 1.76. The summed E-state index contributed by atoms with van der Waals surface area (Å²) >= 11 is 1.38. The summed E-state index contributed by atoms with van der Waals surface area (Å²) in [4.78, 5) is 8.51. The number of nitrogens with one attached hydrogen (secondary N) is 1.